The van der Waals surface area contributed by atoms with Gasteiger partial charge >= 0.3 is 0 Å². The molecule has 1 aromatic rings. The van der Waals surface area contributed by atoms with Crippen LogP contribution in [0.2, 0.25) is 0 Å². The highest BCUT2D eigenvalue weighted by molar-refractivity contribution is 7.89. The zero-order valence-electron chi connectivity index (χ0n) is 12.9. The second kappa shape index (κ2) is 5.13. The van der Waals surface area contributed by atoms with E-state index in [0.717, 1.165) is 23.1 Å². The summed E-state index contributed by atoms with van der Waals surface area (Å²) in [6, 6.07) is 3.86. The lowest BCUT2D eigenvalue weighted by molar-refractivity contribution is 0.554. The van der Waals surface area contributed by atoms with Crippen LogP contribution in [-0.2, 0) is 16.6 Å². The zero-order chi connectivity index (χ0) is 15.1. The predicted molar refractivity (Wildman–Crippen MR) is 81.2 cm³/mol. The van der Waals surface area contributed by atoms with Gasteiger partial charge in [-0.2, -0.15) is 0 Å². The molecule has 2 N–H and O–H groups in total. The minimum atomic E-state index is -3.44. The van der Waals surface area contributed by atoms with E-state index in [0.29, 0.717) is 11.4 Å². The van der Waals surface area contributed by atoms with Crippen LogP contribution in [0.1, 0.15) is 37.0 Å². The van der Waals surface area contributed by atoms with Crippen molar-refractivity contribution in [2.45, 2.75) is 51.6 Å². The minimum absolute atomic E-state index is 0.0557. The van der Waals surface area contributed by atoms with E-state index in [9.17, 15) is 8.42 Å². The Balaban J connectivity index is 2.35. The van der Waals surface area contributed by atoms with Gasteiger partial charge in [0.05, 0.1) is 4.90 Å². The van der Waals surface area contributed by atoms with Crippen LogP contribution >= 0.6 is 0 Å². The van der Waals surface area contributed by atoms with Crippen LogP contribution in [0.4, 0.5) is 0 Å². The normalized spacial score (nSPS) is 20.9. The number of hydrogen-bond acceptors (Lipinski definition) is 3. The Kier molecular flexibility index (Phi) is 3.97. The Bertz CT molecular complexity index is 621. The third-order valence-electron chi connectivity index (χ3n) is 4.16. The number of aryl methyl sites for hydroxylation is 1. The topological polar surface area (TPSA) is 58.2 Å². The van der Waals surface area contributed by atoms with Gasteiger partial charge in [-0.1, -0.05) is 19.9 Å². The van der Waals surface area contributed by atoms with E-state index in [-0.39, 0.29) is 11.5 Å². The molecule has 1 unspecified atom stereocenters. The molecule has 0 spiro atoms. The maximum atomic E-state index is 12.6. The molecule has 0 amide bonds. The molecule has 112 valence electrons. The Labute approximate surface area is 122 Å². The van der Waals surface area contributed by atoms with Gasteiger partial charge < -0.3 is 5.32 Å². The lowest BCUT2D eigenvalue weighted by Crippen LogP contribution is -2.29. The van der Waals surface area contributed by atoms with Gasteiger partial charge in [0.15, 0.2) is 0 Å². The fourth-order valence-electron chi connectivity index (χ4n) is 2.40. The van der Waals surface area contributed by atoms with E-state index in [2.05, 4.69) is 23.9 Å². The number of sulfonamides is 1. The Morgan fingerprint density at radius 2 is 1.90 bits per heavy atom. The first kappa shape index (κ1) is 15.5. The Hall–Kier alpha value is -0.910. The van der Waals surface area contributed by atoms with Gasteiger partial charge in [0.2, 0.25) is 10.0 Å². The molecule has 1 aliphatic rings. The lowest BCUT2D eigenvalue weighted by atomic mass is 10.1. The molecule has 1 atom stereocenters. The van der Waals surface area contributed by atoms with Gasteiger partial charge in [0.25, 0.3) is 0 Å². The highest BCUT2D eigenvalue weighted by Gasteiger charge is 2.48. The molecule has 4 nitrogen and oxygen atoms in total. The highest BCUT2D eigenvalue weighted by Crippen LogP contribution is 2.45. The summed E-state index contributed by atoms with van der Waals surface area (Å²) < 4.78 is 28.0. The van der Waals surface area contributed by atoms with Crippen molar-refractivity contribution in [3.05, 3.63) is 28.8 Å². The van der Waals surface area contributed by atoms with Crippen LogP contribution in [0.15, 0.2) is 17.0 Å². The quantitative estimate of drug-likeness (QED) is 0.875. The van der Waals surface area contributed by atoms with E-state index < -0.39 is 10.0 Å². The van der Waals surface area contributed by atoms with Crippen molar-refractivity contribution in [2.75, 3.05) is 7.05 Å². The maximum Gasteiger partial charge on any atom is 0.241 e. The molecule has 20 heavy (non-hydrogen) atoms. The van der Waals surface area contributed by atoms with Crippen LogP contribution in [0.25, 0.3) is 0 Å². The highest BCUT2D eigenvalue weighted by atomic mass is 32.2. The van der Waals surface area contributed by atoms with E-state index in [1.54, 1.807) is 6.07 Å². The van der Waals surface area contributed by atoms with E-state index in [1.807, 2.05) is 27.0 Å². The van der Waals surface area contributed by atoms with Crippen molar-refractivity contribution >= 4 is 10.0 Å². The van der Waals surface area contributed by atoms with Gasteiger partial charge in [-0.25, -0.2) is 13.1 Å². The molecule has 2 rings (SSSR count). The molecule has 5 heteroatoms. The number of rotatable bonds is 5. The maximum absolute atomic E-state index is 12.6. The number of benzene rings is 1. The van der Waals surface area contributed by atoms with Crippen LogP contribution in [-0.4, -0.2) is 21.5 Å². The van der Waals surface area contributed by atoms with Crippen molar-refractivity contribution in [1.29, 1.82) is 0 Å². The molecule has 0 heterocycles. The van der Waals surface area contributed by atoms with Crippen LogP contribution in [0, 0.1) is 19.3 Å². The molecule has 1 aromatic carbocycles. The fourth-order valence-corrected chi connectivity index (χ4v) is 4.18. The summed E-state index contributed by atoms with van der Waals surface area (Å²) in [4.78, 5) is 0.408. The van der Waals surface area contributed by atoms with Crippen LogP contribution in [0.5, 0.6) is 0 Å². The van der Waals surface area contributed by atoms with Gasteiger partial charge in [-0.05, 0) is 55.5 Å². The van der Waals surface area contributed by atoms with Crippen molar-refractivity contribution in [3.63, 3.8) is 0 Å². The zero-order valence-corrected chi connectivity index (χ0v) is 13.7. The second-order valence-electron chi connectivity index (χ2n) is 6.43. The lowest BCUT2D eigenvalue weighted by Gasteiger charge is -2.14. The molecular weight excluding hydrogens is 272 g/mol. The SMILES string of the molecule is CNCc1cc(C)c(C)c(S(=O)(=O)NC2CC2(C)C)c1. The molecule has 1 saturated carbocycles. The molecule has 1 fully saturated rings. The average Bonchev–Trinajstić information content (AvgIpc) is 2.89. The van der Waals surface area contributed by atoms with E-state index in [4.69, 9.17) is 0 Å². The molecular formula is C15H24N2O2S. The molecule has 0 radical (unpaired) electrons. The minimum Gasteiger partial charge on any atom is -0.316 e. The van der Waals surface area contributed by atoms with Crippen molar-refractivity contribution in [2.24, 2.45) is 5.41 Å². The smallest absolute Gasteiger partial charge is 0.241 e. The first-order valence-corrected chi connectivity index (χ1v) is 8.43. The largest absolute Gasteiger partial charge is 0.316 e. The van der Waals surface area contributed by atoms with Crippen LogP contribution < -0.4 is 10.0 Å². The first-order chi connectivity index (χ1) is 9.17. The van der Waals surface area contributed by atoms with Gasteiger partial charge in [0.1, 0.15) is 0 Å². The van der Waals surface area contributed by atoms with Crippen LogP contribution in [0.3, 0.4) is 0 Å². The van der Waals surface area contributed by atoms with Gasteiger partial charge in [-0.3, -0.25) is 0 Å². The summed E-state index contributed by atoms with van der Waals surface area (Å²) >= 11 is 0. The number of hydrogen-bond donors (Lipinski definition) is 2. The molecule has 0 saturated heterocycles. The molecule has 0 aromatic heterocycles. The summed E-state index contributed by atoms with van der Waals surface area (Å²) in [7, 11) is -1.58. The first-order valence-electron chi connectivity index (χ1n) is 6.94. The Morgan fingerprint density at radius 3 is 2.40 bits per heavy atom. The van der Waals surface area contributed by atoms with E-state index in [1.165, 1.54) is 0 Å². The average molecular weight is 296 g/mol. The van der Waals surface area contributed by atoms with Crippen molar-refractivity contribution < 1.29 is 8.42 Å². The molecule has 0 aliphatic heterocycles. The number of nitrogens with one attached hydrogen (secondary N) is 2. The third kappa shape index (κ3) is 3.05. The molecule has 1 aliphatic carbocycles. The summed E-state index contributed by atoms with van der Waals surface area (Å²) in [5, 5.41) is 3.06. The third-order valence-corrected chi connectivity index (χ3v) is 5.76. The summed E-state index contributed by atoms with van der Waals surface area (Å²) in [6.07, 6.45) is 0.903. The van der Waals surface area contributed by atoms with E-state index >= 15 is 0 Å². The second-order valence-corrected chi connectivity index (χ2v) is 8.12. The predicted octanol–water partition coefficient (Wildman–Crippen LogP) is 2.10. The Morgan fingerprint density at radius 1 is 1.30 bits per heavy atom. The standard InChI is InChI=1S/C15H24N2O2S/c1-10-6-12(9-16-5)7-13(11(10)2)20(18,19)17-14-8-15(14,3)4/h6-7,14,16-17H,8-9H2,1-5H3. The summed E-state index contributed by atoms with van der Waals surface area (Å²) in [5.74, 6) is 0. The molecule has 0 bridgehead atoms. The monoisotopic (exact) mass is 296 g/mol. The van der Waals surface area contributed by atoms with Gasteiger partial charge in [-0.15, -0.1) is 0 Å². The summed E-state index contributed by atoms with van der Waals surface area (Å²) in [5.41, 5.74) is 2.91. The van der Waals surface area contributed by atoms with Crippen molar-refractivity contribution in [3.8, 4) is 0 Å². The fraction of sp³-hybridized carbons (Fsp3) is 0.600. The van der Waals surface area contributed by atoms with Gasteiger partial charge in [0, 0.05) is 12.6 Å². The van der Waals surface area contributed by atoms with Crippen molar-refractivity contribution in [1.82, 2.24) is 10.0 Å². The summed E-state index contributed by atoms with van der Waals surface area (Å²) in [6.45, 7) is 8.64.